The number of amides is 2. The van der Waals surface area contributed by atoms with Crippen LogP contribution in [-0.4, -0.2) is 37.4 Å². The zero-order valence-corrected chi connectivity index (χ0v) is 13.8. The Labute approximate surface area is 132 Å². The molecule has 0 bridgehead atoms. The van der Waals surface area contributed by atoms with Gasteiger partial charge in [-0.1, -0.05) is 18.9 Å². The van der Waals surface area contributed by atoms with E-state index >= 15 is 0 Å². The molecular formula is C17H27N3O2. The van der Waals surface area contributed by atoms with Gasteiger partial charge in [0.25, 0.3) is 5.91 Å². The van der Waals surface area contributed by atoms with Gasteiger partial charge in [-0.15, -0.1) is 0 Å². The molecule has 0 radical (unpaired) electrons. The molecule has 122 valence electrons. The van der Waals surface area contributed by atoms with E-state index in [2.05, 4.69) is 5.32 Å². The molecule has 2 amide bonds. The van der Waals surface area contributed by atoms with Crippen LogP contribution in [0.25, 0.3) is 0 Å². The highest BCUT2D eigenvalue weighted by Gasteiger charge is 2.11. The smallest absolute Gasteiger partial charge is 0.253 e. The summed E-state index contributed by atoms with van der Waals surface area (Å²) in [4.78, 5) is 25.5. The van der Waals surface area contributed by atoms with Crippen molar-refractivity contribution in [2.45, 2.75) is 39.0 Å². The van der Waals surface area contributed by atoms with Gasteiger partial charge < -0.3 is 16.0 Å². The number of nitrogens with two attached hydrogens (primary N) is 1. The number of anilines is 1. The number of unbranched alkanes of at least 4 members (excludes halogenated alkanes) is 3. The predicted octanol–water partition coefficient (Wildman–Crippen LogP) is 2.54. The highest BCUT2D eigenvalue weighted by Crippen LogP contribution is 2.18. The Morgan fingerprint density at radius 3 is 2.45 bits per heavy atom. The first kappa shape index (κ1) is 18.2. The van der Waals surface area contributed by atoms with E-state index in [-0.39, 0.29) is 11.8 Å². The number of aryl methyl sites for hydroxylation is 1. The Balaban J connectivity index is 2.59. The van der Waals surface area contributed by atoms with E-state index in [1.54, 1.807) is 26.2 Å². The van der Waals surface area contributed by atoms with E-state index in [4.69, 9.17) is 5.73 Å². The monoisotopic (exact) mass is 305 g/mol. The SMILES string of the molecule is Cc1ccc(C(=O)N(C)C)cc1NC(=O)CCCCCCN. The molecule has 5 heteroatoms. The van der Waals surface area contributed by atoms with Gasteiger partial charge in [0.15, 0.2) is 0 Å². The third kappa shape index (κ3) is 5.85. The molecule has 0 saturated heterocycles. The number of nitrogens with one attached hydrogen (secondary N) is 1. The summed E-state index contributed by atoms with van der Waals surface area (Å²) in [6, 6.07) is 5.37. The quantitative estimate of drug-likeness (QED) is 0.725. The fourth-order valence-electron chi connectivity index (χ4n) is 2.14. The molecule has 0 saturated carbocycles. The third-order valence-corrected chi connectivity index (χ3v) is 3.52. The lowest BCUT2D eigenvalue weighted by Crippen LogP contribution is -2.22. The van der Waals surface area contributed by atoms with Crippen molar-refractivity contribution in [3.05, 3.63) is 29.3 Å². The Morgan fingerprint density at radius 1 is 1.14 bits per heavy atom. The number of benzene rings is 1. The topological polar surface area (TPSA) is 75.4 Å². The lowest BCUT2D eigenvalue weighted by Gasteiger charge is -2.13. The molecule has 0 atom stereocenters. The highest BCUT2D eigenvalue weighted by molar-refractivity contribution is 5.97. The molecule has 0 spiro atoms. The van der Waals surface area contributed by atoms with Crippen LogP contribution < -0.4 is 11.1 Å². The molecule has 3 N–H and O–H groups in total. The summed E-state index contributed by atoms with van der Waals surface area (Å²) < 4.78 is 0. The zero-order valence-electron chi connectivity index (χ0n) is 13.8. The second-order valence-corrected chi connectivity index (χ2v) is 5.73. The molecule has 0 unspecified atom stereocenters. The van der Waals surface area contributed by atoms with Crippen molar-refractivity contribution in [3.8, 4) is 0 Å². The van der Waals surface area contributed by atoms with Crippen molar-refractivity contribution in [1.82, 2.24) is 4.90 Å². The summed E-state index contributed by atoms with van der Waals surface area (Å²) >= 11 is 0. The number of carbonyl (C=O) groups excluding carboxylic acids is 2. The minimum atomic E-state index is -0.0720. The van der Waals surface area contributed by atoms with E-state index in [0.29, 0.717) is 24.2 Å². The Kier molecular flexibility index (Phi) is 7.60. The standard InChI is InChI=1S/C17H27N3O2/c1-13-9-10-14(17(22)20(2)3)12-15(13)19-16(21)8-6-4-5-7-11-18/h9-10,12H,4-8,11,18H2,1-3H3,(H,19,21). The first-order valence-corrected chi connectivity index (χ1v) is 7.78. The number of hydrogen-bond acceptors (Lipinski definition) is 3. The Hall–Kier alpha value is -1.88. The van der Waals surface area contributed by atoms with Crippen molar-refractivity contribution >= 4 is 17.5 Å². The lowest BCUT2D eigenvalue weighted by atomic mass is 10.1. The van der Waals surface area contributed by atoms with Crippen molar-refractivity contribution in [2.75, 3.05) is 26.0 Å². The van der Waals surface area contributed by atoms with Crippen LogP contribution in [0.1, 0.15) is 48.0 Å². The second kappa shape index (κ2) is 9.20. The maximum Gasteiger partial charge on any atom is 0.253 e. The molecule has 22 heavy (non-hydrogen) atoms. The molecule has 1 aromatic carbocycles. The van der Waals surface area contributed by atoms with Gasteiger partial charge in [0, 0.05) is 31.8 Å². The molecular weight excluding hydrogens is 278 g/mol. The van der Waals surface area contributed by atoms with Crippen LogP contribution >= 0.6 is 0 Å². The normalized spacial score (nSPS) is 10.4. The summed E-state index contributed by atoms with van der Waals surface area (Å²) in [5.74, 6) is -0.0809. The number of carbonyl (C=O) groups is 2. The van der Waals surface area contributed by atoms with E-state index in [0.717, 1.165) is 31.2 Å². The first-order valence-electron chi connectivity index (χ1n) is 7.78. The van der Waals surface area contributed by atoms with E-state index in [1.165, 1.54) is 4.90 Å². The van der Waals surface area contributed by atoms with Crippen molar-refractivity contribution in [2.24, 2.45) is 5.73 Å². The average molecular weight is 305 g/mol. The van der Waals surface area contributed by atoms with Crippen LogP contribution in [0.5, 0.6) is 0 Å². The van der Waals surface area contributed by atoms with Crippen LogP contribution in [-0.2, 0) is 4.79 Å². The zero-order chi connectivity index (χ0) is 16.5. The van der Waals surface area contributed by atoms with Crippen LogP contribution in [0, 0.1) is 6.92 Å². The average Bonchev–Trinajstić information content (AvgIpc) is 2.48. The first-order chi connectivity index (χ1) is 10.5. The summed E-state index contributed by atoms with van der Waals surface area (Å²) in [6.45, 7) is 2.62. The minimum Gasteiger partial charge on any atom is -0.345 e. The molecule has 0 aliphatic carbocycles. The van der Waals surface area contributed by atoms with Crippen molar-refractivity contribution in [1.29, 1.82) is 0 Å². The molecule has 1 aromatic rings. The molecule has 0 fully saturated rings. The molecule has 0 heterocycles. The van der Waals surface area contributed by atoms with Gasteiger partial charge in [-0.2, -0.15) is 0 Å². The minimum absolute atomic E-state index is 0.00898. The van der Waals surface area contributed by atoms with E-state index in [1.807, 2.05) is 13.0 Å². The van der Waals surface area contributed by atoms with Crippen LogP contribution in [0.15, 0.2) is 18.2 Å². The summed E-state index contributed by atoms with van der Waals surface area (Å²) in [5.41, 5.74) is 7.68. The van der Waals surface area contributed by atoms with E-state index < -0.39 is 0 Å². The van der Waals surface area contributed by atoms with Gasteiger partial charge in [-0.3, -0.25) is 9.59 Å². The summed E-state index contributed by atoms with van der Waals surface area (Å²) in [6.07, 6.45) is 4.45. The van der Waals surface area contributed by atoms with Gasteiger partial charge >= 0.3 is 0 Å². The van der Waals surface area contributed by atoms with Gasteiger partial charge in [-0.05, 0) is 44.0 Å². The van der Waals surface area contributed by atoms with Crippen molar-refractivity contribution < 1.29 is 9.59 Å². The fraction of sp³-hybridized carbons (Fsp3) is 0.529. The number of rotatable bonds is 8. The van der Waals surface area contributed by atoms with Gasteiger partial charge in [0.05, 0.1) is 0 Å². The van der Waals surface area contributed by atoms with Gasteiger partial charge in [0.2, 0.25) is 5.91 Å². The molecule has 0 aromatic heterocycles. The molecule has 0 aliphatic heterocycles. The fourth-order valence-corrected chi connectivity index (χ4v) is 2.14. The third-order valence-electron chi connectivity index (χ3n) is 3.52. The van der Waals surface area contributed by atoms with Gasteiger partial charge in [-0.25, -0.2) is 0 Å². The number of hydrogen-bond donors (Lipinski definition) is 2. The summed E-state index contributed by atoms with van der Waals surface area (Å²) in [7, 11) is 3.42. The largest absolute Gasteiger partial charge is 0.345 e. The Morgan fingerprint density at radius 2 is 1.82 bits per heavy atom. The molecule has 1 rings (SSSR count). The van der Waals surface area contributed by atoms with Gasteiger partial charge in [0.1, 0.15) is 0 Å². The summed E-state index contributed by atoms with van der Waals surface area (Å²) in [5, 5.41) is 2.90. The highest BCUT2D eigenvalue weighted by atomic mass is 16.2. The molecule has 0 aliphatic rings. The van der Waals surface area contributed by atoms with Crippen LogP contribution in [0.4, 0.5) is 5.69 Å². The van der Waals surface area contributed by atoms with Crippen LogP contribution in [0.2, 0.25) is 0 Å². The Bertz CT molecular complexity index is 513. The lowest BCUT2D eigenvalue weighted by molar-refractivity contribution is -0.116. The maximum atomic E-state index is 12.0. The van der Waals surface area contributed by atoms with E-state index in [9.17, 15) is 9.59 Å². The molecule has 5 nitrogen and oxygen atoms in total. The second-order valence-electron chi connectivity index (χ2n) is 5.73. The van der Waals surface area contributed by atoms with Crippen LogP contribution in [0.3, 0.4) is 0 Å². The van der Waals surface area contributed by atoms with Crippen molar-refractivity contribution in [3.63, 3.8) is 0 Å². The maximum absolute atomic E-state index is 12.0. The predicted molar refractivity (Wildman–Crippen MR) is 90.0 cm³/mol. The number of nitrogens with zero attached hydrogens (tertiary/aromatic N) is 1.